The molecule has 1 saturated carbocycles. The Labute approximate surface area is 126 Å². The molecule has 114 valence electrons. The van der Waals surface area contributed by atoms with Crippen LogP contribution in [0.15, 0.2) is 24.3 Å². The summed E-state index contributed by atoms with van der Waals surface area (Å²) < 4.78 is 11.0. The molecule has 2 fully saturated rings. The topological polar surface area (TPSA) is 38.8 Å². The molecule has 1 saturated heterocycles. The van der Waals surface area contributed by atoms with Gasteiger partial charge in [0.1, 0.15) is 5.75 Å². The molecule has 1 aromatic carbocycles. The lowest BCUT2D eigenvalue weighted by Crippen LogP contribution is -2.19. The SMILES string of the molecule is CCC(C)c1ccc(OC(=O)CC2CCC3OC3C2)cc1. The van der Waals surface area contributed by atoms with Crippen molar-refractivity contribution in [2.75, 3.05) is 0 Å². The molecule has 3 rings (SSSR count). The minimum absolute atomic E-state index is 0.115. The summed E-state index contributed by atoms with van der Waals surface area (Å²) in [5.74, 6) is 1.52. The lowest BCUT2D eigenvalue weighted by atomic mass is 9.87. The third kappa shape index (κ3) is 3.65. The highest BCUT2D eigenvalue weighted by molar-refractivity contribution is 5.72. The molecule has 0 N–H and O–H groups in total. The van der Waals surface area contributed by atoms with Crippen molar-refractivity contribution in [2.45, 2.75) is 64.1 Å². The van der Waals surface area contributed by atoms with E-state index in [1.807, 2.05) is 12.1 Å². The molecule has 21 heavy (non-hydrogen) atoms. The number of fused-ring (bicyclic) bond motifs is 1. The highest BCUT2D eigenvalue weighted by atomic mass is 16.6. The Morgan fingerprint density at radius 3 is 2.71 bits per heavy atom. The van der Waals surface area contributed by atoms with Gasteiger partial charge in [-0.05, 0) is 55.2 Å². The summed E-state index contributed by atoms with van der Waals surface area (Å²) in [5.41, 5.74) is 1.29. The molecule has 1 heterocycles. The van der Waals surface area contributed by atoms with Crippen LogP contribution in [-0.4, -0.2) is 18.2 Å². The Bertz CT molecular complexity index is 494. The molecule has 0 spiro atoms. The van der Waals surface area contributed by atoms with Crippen molar-refractivity contribution in [1.29, 1.82) is 0 Å². The van der Waals surface area contributed by atoms with Crippen molar-refractivity contribution in [3.63, 3.8) is 0 Å². The second-order valence-electron chi connectivity index (χ2n) is 6.45. The van der Waals surface area contributed by atoms with E-state index in [2.05, 4.69) is 26.0 Å². The lowest BCUT2D eigenvalue weighted by Gasteiger charge is -2.17. The number of hydrogen-bond acceptors (Lipinski definition) is 3. The zero-order valence-corrected chi connectivity index (χ0v) is 12.9. The van der Waals surface area contributed by atoms with E-state index >= 15 is 0 Å². The molecule has 0 radical (unpaired) electrons. The zero-order valence-electron chi connectivity index (χ0n) is 12.9. The fraction of sp³-hybridized carbons (Fsp3) is 0.611. The van der Waals surface area contributed by atoms with Crippen LogP contribution in [0.5, 0.6) is 5.75 Å². The number of rotatable bonds is 5. The van der Waals surface area contributed by atoms with Gasteiger partial charge in [0.2, 0.25) is 0 Å². The van der Waals surface area contributed by atoms with Crippen LogP contribution in [0.25, 0.3) is 0 Å². The predicted molar refractivity (Wildman–Crippen MR) is 81.4 cm³/mol. The Morgan fingerprint density at radius 1 is 1.29 bits per heavy atom. The maximum Gasteiger partial charge on any atom is 0.311 e. The first-order valence-corrected chi connectivity index (χ1v) is 8.11. The van der Waals surface area contributed by atoms with Crippen molar-refractivity contribution in [1.82, 2.24) is 0 Å². The fourth-order valence-electron chi connectivity index (χ4n) is 3.18. The molecule has 0 bridgehead atoms. The first-order chi connectivity index (χ1) is 10.2. The zero-order chi connectivity index (χ0) is 14.8. The summed E-state index contributed by atoms with van der Waals surface area (Å²) in [4.78, 5) is 12.0. The van der Waals surface area contributed by atoms with E-state index in [4.69, 9.17) is 9.47 Å². The van der Waals surface area contributed by atoms with E-state index < -0.39 is 0 Å². The van der Waals surface area contributed by atoms with Gasteiger partial charge in [0.05, 0.1) is 12.2 Å². The normalized spacial score (nSPS) is 28.6. The van der Waals surface area contributed by atoms with E-state index in [0.29, 0.717) is 36.2 Å². The van der Waals surface area contributed by atoms with Crippen LogP contribution in [0, 0.1) is 5.92 Å². The molecule has 1 aliphatic heterocycles. The molecule has 0 aromatic heterocycles. The second-order valence-corrected chi connectivity index (χ2v) is 6.45. The second kappa shape index (κ2) is 6.18. The van der Waals surface area contributed by atoms with Gasteiger partial charge < -0.3 is 9.47 Å². The van der Waals surface area contributed by atoms with Crippen LogP contribution in [0.3, 0.4) is 0 Å². The van der Waals surface area contributed by atoms with Crippen LogP contribution >= 0.6 is 0 Å². The number of ether oxygens (including phenoxy) is 2. The van der Waals surface area contributed by atoms with Gasteiger partial charge in [-0.25, -0.2) is 0 Å². The molecule has 2 aliphatic rings. The maximum atomic E-state index is 12.0. The molecule has 3 nitrogen and oxygen atoms in total. The van der Waals surface area contributed by atoms with Crippen LogP contribution in [0.1, 0.15) is 57.4 Å². The van der Waals surface area contributed by atoms with Gasteiger partial charge in [0.25, 0.3) is 0 Å². The van der Waals surface area contributed by atoms with E-state index in [1.165, 1.54) is 5.56 Å². The van der Waals surface area contributed by atoms with Crippen LogP contribution < -0.4 is 4.74 Å². The summed E-state index contributed by atoms with van der Waals surface area (Å²) in [6.45, 7) is 4.38. The monoisotopic (exact) mass is 288 g/mol. The summed E-state index contributed by atoms with van der Waals surface area (Å²) >= 11 is 0. The van der Waals surface area contributed by atoms with Gasteiger partial charge in [-0.2, -0.15) is 0 Å². The predicted octanol–water partition coefficient (Wildman–Crippen LogP) is 4.06. The summed E-state index contributed by atoms with van der Waals surface area (Å²) in [5, 5.41) is 0. The summed E-state index contributed by atoms with van der Waals surface area (Å²) in [6, 6.07) is 7.92. The fourth-order valence-corrected chi connectivity index (χ4v) is 3.18. The molecule has 4 unspecified atom stereocenters. The minimum Gasteiger partial charge on any atom is -0.427 e. The number of epoxide rings is 1. The average Bonchev–Trinajstić information content (AvgIpc) is 3.25. The van der Waals surface area contributed by atoms with Crippen molar-refractivity contribution in [3.8, 4) is 5.75 Å². The molecular weight excluding hydrogens is 264 g/mol. The van der Waals surface area contributed by atoms with Gasteiger partial charge in [-0.15, -0.1) is 0 Å². The van der Waals surface area contributed by atoms with Crippen molar-refractivity contribution < 1.29 is 14.3 Å². The molecule has 0 amide bonds. The Balaban J connectivity index is 1.49. The number of carbonyl (C=O) groups excluding carboxylic acids is 1. The van der Waals surface area contributed by atoms with Gasteiger partial charge in [-0.1, -0.05) is 26.0 Å². The Morgan fingerprint density at radius 2 is 2.05 bits per heavy atom. The highest BCUT2D eigenvalue weighted by Gasteiger charge is 2.44. The Hall–Kier alpha value is -1.35. The van der Waals surface area contributed by atoms with E-state index in [-0.39, 0.29) is 5.97 Å². The number of benzene rings is 1. The third-order valence-corrected chi connectivity index (χ3v) is 4.86. The Kier molecular flexibility index (Phi) is 4.29. The van der Waals surface area contributed by atoms with Crippen LogP contribution in [0.4, 0.5) is 0 Å². The number of hydrogen-bond donors (Lipinski definition) is 0. The van der Waals surface area contributed by atoms with Gasteiger partial charge in [0, 0.05) is 6.42 Å². The molecule has 1 aromatic rings. The van der Waals surface area contributed by atoms with Crippen molar-refractivity contribution >= 4 is 5.97 Å². The van der Waals surface area contributed by atoms with E-state index in [1.54, 1.807) is 0 Å². The van der Waals surface area contributed by atoms with Crippen molar-refractivity contribution in [3.05, 3.63) is 29.8 Å². The smallest absolute Gasteiger partial charge is 0.311 e. The first-order valence-electron chi connectivity index (χ1n) is 8.11. The number of esters is 1. The summed E-state index contributed by atoms with van der Waals surface area (Å²) in [6.07, 6.45) is 5.75. The van der Waals surface area contributed by atoms with E-state index in [0.717, 1.165) is 25.7 Å². The number of carbonyl (C=O) groups is 1. The van der Waals surface area contributed by atoms with E-state index in [9.17, 15) is 4.79 Å². The first kappa shape index (κ1) is 14.6. The minimum atomic E-state index is -0.115. The maximum absolute atomic E-state index is 12.0. The standard InChI is InChI=1S/C18H24O3/c1-3-12(2)14-5-7-15(8-6-14)20-18(19)11-13-4-9-16-17(10-13)21-16/h5-8,12-13,16-17H,3-4,9-11H2,1-2H3. The van der Waals surface area contributed by atoms with Gasteiger partial charge in [-0.3, -0.25) is 4.79 Å². The van der Waals surface area contributed by atoms with Crippen LogP contribution in [0.2, 0.25) is 0 Å². The average molecular weight is 288 g/mol. The summed E-state index contributed by atoms with van der Waals surface area (Å²) in [7, 11) is 0. The van der Waals surface area contributed by atoms with Crippen molar-refractivity contribution in [2.24, 2.45) is 5.92 Å². The largest absolute Gasteiger partial charge is 0.427 e. The highest BCUT2D eigenvalue weighted by Crippen LogP contribution is 2.40. The third-order valence-electron chi connectivity index (χ3n) is 4.86. The molecule has 1 aliphatic carbocycles. The van der Waals surface area contributed by atoms with Gasteiger partial charge >= 0.3 is 5.97 Å². The lowest BCUT2D eigenvalue weighted by molar-refractivity contribution is -0.135. The molecular formula is C18H24O3. The molecule has 3 heteroatoms. The van der Waals surface area contributed by atoms with Crippen LogP contribution in [-0.2, 0) is 9.53 Å². The molecule has 4 atom stereocenters. The quantitative estimate of drug-likeness (QED) is 0.466. The van der Waals surface area contributed by atoms with Gasteiger partial charge in [0.15, 0.2) is 0 Å².